The number of thiazole rings is 1. The minimum absolute atomic E-state index is 0.121. The maximum Gasteiger partial charge on any atom is 0.265 e. The van der Waals surface area contributed by atoms with Crippen molar-refractivity contribution in [1.82, 2.24) is 9.88 Å². The topological polar surface area (TPSA) is 72.0 Å². The molecule has 2 aliphatic heterocycles. The van der Waals surface area contributed by atoms with E-state index in [1.165, 1.54) is 11.3 Å². The molecule has 1 unspecified atom stereocenters. The number of morpholine rings is 1. The highest BCUT2D eigenvalue weighted by Crippen LogP contribution is 2.34. The van der Waals surface area contributed by atoms with E-state index in [1.807, 2.05) is 47.8 Å². The van der Waals surface area contributed by atoms with Gasteiger partial charge in [-0.05, 0) is 24.3 Å². The van der Waals surface area contributed by atoms with Crippen molar-refractivity contribution in [2.24, 2.45) is 0 Å². The number of rotatable bonds is 4. The van der Waals surface area contributed by atoms with Crippen molar-refractivity contribution < 1.29 is 19.1 Å². The fraction of sp³-hybridized carbons (Fsp3) is 0.292. The van der Waals surface area contributed by atoms with Crippen LogP contribution in [0.1, 0.15) is 5.69 Å². The summed E-state index contributed by atoms with van der Waals surface area (Å²) in [6, 6.07) is 14.8. The summed E-state index contributed by atoms with van der Waals surface area (Å²) in [5.41, 5.74) is 2.31. The molecule has 0 saturated carbocycles. The SMILES string of the molecule is O=C(C1CN(C(=O)Cc2csc(-c3ccc(Cl)cc3)n2)c2ccccc2O1)N1CCOCC1. The molecule has 0 radical (unpaired) electrons. The first-order chi connectivity index (χ1) is 16.1. The van der Waals surface area contributed by atoms with Crippen molar-refractivity contribution in [2.75, 3.05) is 37.7 Å². The third kappa shape index (κ3) is 4.73. The Balaban J connectivity index is 1.34. The molecule has 0 N–H and O–H groups in total. The number of para-hydroxylation sites is 2. The van der Waals surface area contributed by atoms with Crippen molar-refractivity contribution in [1.29, 1.82) is 0 Å². The summed E-state index contributed by atoms with van der Waals surface area (Å²) in [5, 5.41) is 3.39. The number of hydrogen-bond acceptors (Lipinski definition) is 6. The first-order valence-electron chi connectivity index (χ1n) is 10.7. The van der Waals surface area contributed by atoms with E-state index in [-0.39, 0.29) is 24.8 Å². The predicted molar refractivity (Wildman–Crippen MR) is 127 cm³/mol. The van der Waals surface area contributed by atoms with E-state index in [2.05, 4.69) is 4.98 Å². The third-order valence-corrected chi connectivity index (χ3v) is 6.84. The fourth-order valence-corrected chi connectivity index (χ4v) is 4.90. The lowest BCUT2D eigenvalue weighted by Crippen LogP contribution is -2.54. The maximum absolute atomic E-state index is 13.3. The van der Waals surface area contributed by atoms with Crippen LogP contribution in [0.25, 0.3) is 10.6 Å². The first-order valence-corrected chi connectivity index (χ1v) is 12.0. The van der Waals surface area contributed by atoms with Crippen LogP contribution in [-0.4, -0.2) is 60.7 Å². The van der Waals surface area contributed by atoms with Gasteiger partial charge in [0.25, 0.3) is 5.91 Å². The van der Waals surface area contributed by atoms with Crippen LogP contribution in [0.15, 0.2) is 53.9 Å². The molecule has 0 spiro atoms. The molecular formula is C24H22ClN3O4S. The zero-order valence-electron chi connectivity index (χ0n) is 17.8. The molecule has 3 aromatic rings. The van der Waals surface area contributed by atoms with Crippen molar-refractivity contribution in [3.05, 3.63) is 64.6 Å². The lowest BCUT2D eigenvalue weighted by molar-refractivity contribution is -0.142. The molecular weight excluding hydrogens is 462 g/mol. The highest BCUT2D eigenvalue weighted by molar-refractivity contribution is 7.13. The number of halogens is 1. The van der Waals surface area contributed by atoms with Crippen LogP contribution in [-0.2, 0) is 20.7 Å². The van der Waals surface area contributed by atoms with Gasteiger partial charge in [-0.1, -0.05) is 35.9 Å². The van der Waals surface area contributed by atoms with Gasteiger partial charge >= 0.3 is 0 Å². The molecule has 0 bridgehead atoms. The molecule has 170 valence electrons. The lowest BCUT2D eigenvalue weighted by atomic mass is 10.1. The molecule has 1 fully saturated rings. The summed E-state index contributed by atoms with van der Waals surface area (Å²) in [6.45, 7) is 2.25. The Hall–Kier alpha value is -2.94. The number of ether oxygens (including phenoxy) is 2. The number of benzene rings is 2. The summed E-state index contributed by atoms with van der Waals surface area (Å²) in [6.07, 6.45) is -0.612. The van der Waals surface area contributed by atoms with Crippen LogP contribution in [0, 0.1) is 0 Å². The van der Waals surface area contributed by atoms with Crippen molar-refractivity contribution in [2.45, 2.75) is 12.5 Å². The van der Waals surface area contributed by atoms with E-state index in [0.29, 0.717) is 48.5 Å². The second-order valence-corrected chi connectivity index (χ2v) is 9.14. The summed E-state index contributed by atoms with van der Waals surface area (Å²) < 4.78 is 11.3. The number of nitrogens with zero attached hydrogens (tertiary/aromatic N) is 3. The fourth-order valence-electron chi connectivity index (χ4n) is 3.95. The smallest absolute Gasteiger partial charge is 0.265 e. The molecule has 33 heavy (non-hydrogen) atoms. The van der Waals surface area contributed by atoms with Gasteiger partial charge in [0, 0.05) is 29.1 Å². The average Bonchev–Trinajstić information content (AvgIpc) is 3.32. The zero-order valence-corrected chi connectivity index (χ0v) is 19.3. The van der Waals surface area contributed by atoms with Crippen LogP contribution in [0.2, 0.25) is 5.02 Å². The van der Waals surface area contributed by atoms with Gasteiger partial charge in [-0.25, -0.2) is 4.98 Å². The second-order valence-electron chi connectivity index (χ2n) is 7.84. The zero-order chi connectivity index (χ0) is 22.8. The van der Waals surface area contributed by atoms with Gasteiger partial charge in [0.1, 0.15) is 10.8 Å². The summed E-state index contributed by atoms with van der Waals surface area (Å²) in [5.74, 6) is 0.284. The van der Waals surface area contributed by atoms with E-state index < -0.39 is 6.10 Å². The maximum atomic E-state index is 13.3. The number of fused-ring (bicyclic) bond motifs is 1. The highest BCUT2D eigenvalue weighted by atomic mass is 35.5. The third-order valence-electron chi connectivity index (χ3n) is 5.65. The van der Waals surface area contributed by atoms with Gasteiger partial charge in [-0.15, -0.1) is 11.3 Å². The van der Waals surface area contributed by atoms with E-state index in [4.69, 9.17) is 21.1 Å². The molecule has 1 aromatic heterocycles. The molecule has 2 aliphatic rings. The number of amides is 2. The Morgan fingerprint density at radius 2 is 1.85 bits per heavy atom. The lowest BCUT2D eigenvalue weighted by Gasteiger charge is -2.37. The molecule has 0 aliphatic carbocycles. The summed E-state index contributed by atoms with van der Waals surface area (Å²) >= 11 is 7.46. The second kappa shape index (κ2) is 9.51. The van der Waals surface area contributed by atoms with Crippen molar-refractivity contribution >= 4 is 40.4 Å². The molecule has 2 aromatic carbocycles. The van der Waals surface area contributed by atoms with Crippen LogP contribution in [0.4, 0.5) is 5.69 Å². The number of aromatic nitrogens is 1. The molecule has 1 saturated heterocycles. The van der Waals surface area contributed by atoms with E-state index >= 15 is 0 Å². The minimum Gasteiger partial charge on any atom is -0.476 e. The van der Waals surface area contributed by atoms with Gasteiger partial charge in [0.2, 0.25) is 5.91 Å². The first kappa shape index (κ1) is 21.9. The van der Waals surface area contributed by atoms with E-state index in [0.717, 1.165) is 10.6 Å². The number of carbonyl (C=O) groups excluding carboxylic acids is 2. The number of hydrogen-bond donors (Lipinski definition) is 0. The largest absolute Gasteiger partial charge is 0.476 e. The van der Waals surface area contributed by atoms with Gasteiger partial charge in [0.15, 0.2) is 6.10 Å². The molecule has 5 rings (SSSR count). The van der Waals surface area contributed by atoms with E-state index in [9.17, 15) is 9.59 Å². The van der Waals surface area contributed by atoms with Gasteiger partial charge in [-0.3, -0.25) is 9.59 Å². The Morgan fingerprint density at radius 3 is 2.64 bits per heavy atom. The summed E-state index contributed by atoms with van der Waals surface area (Å²) in [7, 11) is 0. The predicted octanol–water partition coefficient (Wildman–Crippen LogP) is 3.66. The Morgan fingerprint density at radius 1 is 1.09 bits per heavy atom. The molecule has 3 heterocycles. The van der Waals surface area contributed by atoms with Crippen LogP contribution in [0.5, 0.6) is 5.75 Å². The van der Waals surface area contributed by atoms with Crippen LogP contribution in [0.3, 0.4) is 0 Å². The van der Waals surface area contributed by atoms with Gasteiger partial charge < -0.3 is 19.3 Å². The molecule has 2 amide bonds. The molecule has 1 atom stereocenters. The Labute approximate surface area is 200 Å². The normalized spacial score (nSPS) is 17.9. The van der Waals surface area contributed by atoms with Crippen molar-refractivity contribution in [3.8, 4) is 16.3 Å². The summed E-state index contributed by atoms with van der Waals surface area (Å²) in [4.78, 5) is 34.4. The van der Waals surface area contributed by atoms with Gasteiger partial charge in [0.05, 0.1) is 37.6 Å². The Kier molecular flexibility index (Phi) is 6.30. The van der Waals surface area contributed by atoms with Gasteiger partial charge in [-0.2, -0.15) is 0 Å². The average molecular weight is 484 g/mol. The standard InChI is InChI=1S/C24H22ClN3O4S/c25-17-7-5-16(6-8-17)23-26-18(15-33-23)13-22(29)28-14-21(24(30)27-9-11-31-12-10-27)32-20-4-2-1-3-19(20)28/h1-8,15,21H,9-14H2. The monoisotopic (exact) mass is 483 g/mol. The quantitative estimate of drug-likeness (QED) is 0.566. The molecule has 9 heteroatoms. The minimum atomic E-state index is -0.748. The number of anilines is 1. The molecule has 7 nitrogen and oxygen atoms in total. The Bertz CT molecular complexity index is 1160. The van der Waals surface area contributed by atoms with E-state index in [1.54, 1.807) is 15.9 Å². The van der Waals surface area contributed by atoms with Crippen LogP contribution < -0.4 is 9.64 Å². The van der Waals surface area contributed by atoms with Crippen LogP contribution >= 0.6 is 22.9 Å². The number of carbonyl (C=O) groups is 2. The van der Waals surface area contributed by atoms with Crippen molar-refractivity contribution in [3.63, 3.8) is 0 Å². The highest BCUT2D eigenvalue weighted by Gasteiger charge is 2.36.